The standard InChI is InChI=1S/C18H24N6OS2/c1-4-9(2)7-12-10(3)27-17-14(12)16(25)20-13(21-17)8-26-18-23-22-15(24(18)19)11-5-6-11/h9,11H,4-8,19H2,1-3H3,(H,20,21,25)/t9-/m1/s1. The molecule has 0 amide bonds. The third kappa shape index (κ3) is 3.62. The maximum Gasteiger partial charge on any atom is 0.259 e. The zero-order valence-electron chi connectivity index (χ0n) is 15.8. The van der Waals surface area contributed by atoms with Crippen LogP contribution in [-0.2, 0) is 12.2 Å². The van der Waals surface area contributed by atoms with Crippen molar-refractivity contribution in [3.05, 3.63) is 32.4 Å². The number of thioether (sulfide) groups is 1. The van der Waals surface area contributed by atoms with Gasteiger partial charge in [-0.05, 0) is 37.7 Å². The number of aromatic amines is 1. The van der Waals surface area contributed by atoms with E-state index in [4.69, 9.17) is 10.8 Å². The first-order valence-corrected chi connectivity index (χ1v) is 11.1. The van der Waals surface area contributed by atoms with E-state index < -0.39 is 0 Å². The number of aryl methyl sites for hydroxylation is 1. The molecule has 1 atom stereocenters. The average molecular weight is 405 g/mol. The number of fused-ring (bicyclic) bond motifs is 1. The fourth-order valence-electron chi connectivity index (χ4n) is 3.17. The minimum Gasteiger partial charge on any atom is -0.336 e. The third-order valence-electron chi connectivity index (χ3n) is 5.13. The molecule has 9 heteroatoms. The Labute approximate surface area is 165 Å². The predicted octanol–water partition coefficient (Wildman–Crippen LogP) is 3.36. The van der Waals surface area contributed by atoms with E-state index in [9.17, 15) is 4.79 Å². The van der Waals surface area contributed by atoms with Gasteiger partial charge in [-0.25, -0.2) is 9.66 Å². The van der Waals surface area contributed by atoms with Crippen molar-refractivity contribution in [2.45, 2.75) is 63.3 Å². The van der Waals surface area contributed by atoms with Gasteiger partial charge in [-0.15, -0.1) is 21.5 Å². The normalized spacial score (nSPS) is 15.5. The zero-order chi connectivity index (χ0) is 19.1. The summed E-state index contributed by atoms with van der Waals surface area (Å²) in [5.74, 6) is 9.08. The van der Waals surface area contributed by atoms with Crippen molar-refractivity contribution in [3.63, 3.8) is 0 Å². The van der Waals surface area contributed by atoms with Crippen LogP contribution in [0.2, 0.25) is 0 Å². The van der Waals surface area contributed by atoms with E-state index >= 15 is 0 Å². The predicted molar refractivity (Wildman–Crippen MR) is 110 cm³/mol. The summed E-state index contributed by atoms with van der Waals surface area (Å²) in [7, 11) is 0. The Bertz CT molecular complexity index is 1030. The molecule has 27 heavy (non-hydrogen) atoms. The van der Waals surface area contributed by atoms with E-state index in [2.05, 4.69) is 36.0 Å². The fourth-order valence-corrected chi connectivity index (χ4v) is 4.97. The van der Waals surface area contributed by atoms with Crippen LogP contribution in [0.4, 0.5) is 0 Å². The lowest BCUT2D eigenvalue weighted by Gasteiger charge is -2.08. The molecule has 1 saturated carbocycles. The van der Waals surface area contributed by atoms with Crippen LogP contribution in [0.25, 0.3) is 10.2 Å². The topological polar surface area (TPSA) is 102 Å². The van der Waals surface area contributed by atoms with Crippen molar-refractivity contribution >= 4 is 33.3 Å². The number of hydrogen-bond donors (Lipinski definition) is 2. The van der Waals surface area contributed by atoms with Crippen LogP contribution in [0.1, 0.15) is 61.1 Å². The van der Waals surface area contributed by atoms with Crippen LogP contribution in [0.3, 0.4) is 0 Å². The molecule has 3 aromatic heterocycles. The molecule has 1 aliphatic carbocycles. The van der Waals surface area contributed by atoms with Gasteiger partial charge in [-0.3, -0.25) is 4.79 Å². The van der Waals surface area contributed by atoms with Crippen LogP contribution >= 0.6 is 23.1 Å². The molecular weight excluding hydrogens is 380 g/mol. The molecule has 3 aromatic rings. The van der Waals surface area contributed by atoms with Gasteiger partial charge in [0.1, 0.15) is 10.7 Å². The number of thiophene rings is 1. The molecule has 0 bridgehead atoms. The quantitative estimate of drug-likeness (QED) is 0.462. The summed E-state index contributed by atoms with van der Waals surface area (Å²) in [5, 5.41) is 9.76. The van der Waals surface area contributed by atoms with Crippen molar-refractivity contribution in [2.24, 2.45) is 5.92 Å². The number of nitrogens with one attached hydrogen (secondary N) is 1. The highest BCUT2D eigenvalue weighted by atomic mass is 32.2. The van der Waals surface area contributed by atoms with Crippen molar-refractivity contribution < 1.29 is 0 Å². The van der Waals surface area contributed by atoms with Gasteiger partial charge in [0.2, 0.25) is 5.16 Å². The lowest BCUT2D eigenvalue weighted by atomic mass is 9.98. The Morgan fingerprint density at radius 1 is 1.41 bits per heavy atom. The van der Waals surface area contributed by atoms with Crippen molar-refractivity contribution in [1.29, 1.82) is 0 Å². The molecule has 0 spiro atoms. The van der Waals surface area contributed by atoms with Crippen molar-refractivity contribution in [2.75, 3.05) is 5.84 Å². The second-order valence-electron chi connectivity index (χ2n) is 7.32. The molecule has 4 rings (SSSR count). The molecule has 1 fully saturated rings. The fraction of sp³-hybridized carbons (Fsp3) is 0.556. The Hall–Kier alpha value is -1.87. The maximum absolute atomic E-state index is 12.7. The van der Waals surface area contributed by atoms with Gasteiger partial charge >= 0.3 is 0 Å². The summed E-state index contributed by atoms with van der Waals surface area (Å²) >= 11 is 3.05. The smallest absolute Gasteiger partial charge is 0.259 e. The summed E-state index contributed by atoms with van der Waals surface area (Å²) in [4.78, 5) is 22.4. The molecular formula is C18H24N6OS2. The number of nitrogens with zero attached hydrogens (tertiary/aromatic N) is 4. The molecule has 144 valence electrons. The van der Waals surface area contributed by atoms with Crippen LogP contribution in [-0.4, -0.2) is 24.8 Å². The molecule has 0 aliphatic heterocycles. The largest absolute Gasteiger partial charge is 0.336 e. The average Bonchev–Trinajstić information content (AvgIpc) is 3.34. The Kier molecular flexibility index (Phi) is 4.98. The van der Waals surface area contributed by atoms with Gasteiger partial charge in [0.15, 0.2) is 5.82 Å². The molecule has 0 unspecified atom stereocenters. The highest BCUT2D eigenvalue weighted by Crippen LogP contribution is 2.39. The number of rotatable bonds is 7. The van der Waals surface area contributed by atoms with Gasteiger partial charge in [0, 0.05) is 10.8 Å². The molecule has 0 radical (unpaired) electrons. The van der Waals surface area contributed by atoms with Gasteiger partial charge in [-0.2, -0.15) is 0 Å². The highest BCUT2D eigenvalue weighted by Gasteiger charge is 2.30. The van der Waals surface area contributed by atoms with Gasteiger partial charge < -0.3 is 10.8 Å². The van der Waals surface area contributed by atoms with E-state index in [-0.39, 0.29) is 5.56 Å². The summed E-state index contributed by atoms with van der Waals surface area (Å²) < 4.78 is 1.57. The minimum atomic E-state index is -0.0499. The molecule has 0 saturated heterocycles. The lowest BCUT2D eigenvalue weighted by molar-refractivity contribution is 0.561. The van der Waals surface area contributed by atoms with Gasteiger partial charge in [0.05, 0.1) is 11.1 Å². The molecule has 3 heterocycles. The van der Waals surface area contributed by atoms with E-state index in [1.165, 1.54) is 16.6 Å². The molecule has 1 aliphatic rings. The van der Waals surface area contributed by atoms with E-state index in [1.54, 1.807) is 16.0 Å². The van der Waals surface area contributed by atoms with Crippen molar-refractivity contribution in [3.8, 4) is 0 Å². The third-order valence-corrected chi connectivity index (χ3v) is 7.13. The summed E-state index contributed by atoms with van der Waals surface area (Å²) in [5.41, 5.74) is 1.10. The second kappa shape index (κ2) is 7.27. The van der Waals surface area contributed by atoms with Crippen LogP contribution < -0.4 is 11.4 Å². The first kappa shape index (κ1) is 18.5. The zero-order valence-corrected chi connectivity index (χ0v) is 17.4. The number of aromatic nitrogens is 5. The Morgan fingerprint density at radius 3 is 2.89 bits per heavy atom. The summed E-state index contributed by atoms with van der Waals surface area (Å²) in [6.45, 7) is 6.47. The SMILES string of the molecule is CC[C@@H](C)Cc1c(C)sc2nc(CSc3nnc(C4CC4)n3N)[nH]c(=O)c12. The molecule has 3 N–H and O–H groups in total. The number of hydrogen-bond acceptors (Lipinski definition) is 7. The first-order chi connectivity index (χ1) is 13.0. The lowest BCUT2D eigenvalue weighted by Crippen LogP contribution is -2.14. The van der Waals surface area contributed by atoms with E-state index in [1.807, 2.05) is 0 Å². The Morgan fingerprint density at radius 2 is 2.19 bits per heavy atom. The van der Waals surface area contributed by atoms with Crippen LogP contribution in [0, 0.1) is 12.8 Å². The molecule has 0 aromatic carbocycles. The van der Waals surface area contributed by atoms with Crippen LogP contribution in [0.5, 0.6) is 0 Å². The van der Waals surface area contributed by atoms with Gasteiger partial charge in [0.25, 0.3) is 5.56 Å². The van der Waals surface area contributed by atoms with Crippen LogP contribution in [0.15, 0.2) is 9.95 Å². The van der Waals surface area contributed by atoms with E-state index in [0.717, 1.165) is 47.3 Å². The number of nitrogen functional groups attached to an aromatic ring is 1. The minimum absolute atomic E-state index is 0.0499. The van der Waals surface area contributed by atoms with Crippen molar-refractivity contribution in [1.82, 2.24) is 24.8 Å². The second-order valence-corrected chi connectivity index (χ2v) is 9.47. The van der Waals surface area contributed by atoms with Gasteiger partial charge in [-0.1, -0.05) is 32.0 Å². The molecule has 7 nitrogen and oxygen atoms in total. The van der Waals surface area contributed by atoms with E-state index in [0.29, 0.717) is 28.6 Å². The number of nitrogens with two attached hydrogens (primary N) is 1. The first-order valence-electron chi connectivity index (χ1n) is 9.32. The summed E-state index contributed by atoms with van der Waals surface area (Å²) in [6.07, 6.45) is 4.27. The highest BCUT2D eigenvalue weighted by molar-refractivity contribution is 7.98. The monoisotopic (exact) mass is 404 g/mol. The Balaban J connectivity index is 1.57. The maximum atomic E-state index is 12.7. The summed E-state index contributed by atoms with van der Waals surface area (Å²) in [6, 6.07) is 0. The number of H-pyrrole nitrogens is 1.